The summed E-state index contributed by atoms with van der Waals surface area (Å²) in [5.41, 5.74) is 2.75. The molecule has 1 saturated carbocycles. The van der Waals surface area contributed by atoms with Crippen LogP contribution >= 0.6 is 0 Å². The van der Waals surface area contributed by atoms with Crippen LogP contribution in [-0.2, 0) is 0 Å². The smallest absolute Gasteiger partial charge is 0.251 e. The number of para-hydroxylation sites is 1. The van der Waals surface area contributed by atoms with Crippen molar-refractivity contribution in [1.82, 2.24) is 15.3 Å². The van der Waals surface area contributed by atoms with Crippen LogP contribution in [0.3, 0.4) is 0 Å². The summed E-state index contributed by atoms with van der Waals surface area (Å²) in [5, 5.41) is 7.73. The van der Waals surface area contributed by atoms with E-state index >= 15 is 0 Å². The molecular formula is C26H34N6O. The van der Waals surface area contributed by atoms with Gasteiger partial charge in [0.05, 0.1) is 5.52 Å². The highest BCUT2D eigenvalue weighted by atomic mass is 16.1. The van der Waals surface area contributed by atoms with E-state index in [0.717, 1.165) is 54.6 Å². The van der Waals surface area contributed by atoms with Crippen LogP contribution in [0.4, 0.5) is 17.5 Å². The molecule has 33 heavy (non-hydrogen) atoms. The third-order valence-corrected chi connectivity index (χ3v) is 6.38. The second kappa shape index (κ2) is 10.1. The first-order valence-electron chi connectivity index (χ1n) is 11.7. The summed E-state index contributed by atoms with van der Waals surface area (Å²) < 4.78 is 0. The van der Waals surface area contributed by atoms with Crippen LogP contribution in [0.2, 0.25) is 0 Å². The minimum Gasteiger partial charge on any atom is -0.378 e. The Bertz CT molecular complexity index is 1090. The minimum atomic E-state index is 0.00123. The van der Waals surface area contributed by atoms with Gasteiger partial charge in [-0.2, -0.15) is 4.98 Å². The molecule has 0 aliphatic heterocycles. The van der Waals surface area contributed by atoms with E-state index in [-0.39, 0.29) is 5.91 Å². The molecule has 2 aromatic carbocycles. The molecule has 0 bridgehead atoms. The fourth-order valence-electron chi connectivity index (χ4n) is 4.41. The Morgan fingerprint density at radius 3 is 2.27 bits per heavy atom. The number of nitrogens with one attached hydrogen (secondary N) is 2. The molecule has 1 amide bonds. The normalized spacial score (nSPS) is 18.1. The Hall–Kier alpha value is -3.35. The van der Waals surface area contributed by atoms with Crippen LogP contribution in [0.15, 0.2) is 48.5 Å². The van der Waals surface area contributed by atoms with Crippen LogP contribution in [0, 0.1) is 5.92 Å². The summed E-state index contributed by atoms with van der Waals surface area (Å²) in [4.78, 5) is 26.1. The molecule has 1 heterocycles. The van der Waals surface area contributed by atoms with Gasteiger partial charge in [0.1, 0.15) is 5.82 Å². The van der Waals surface area contributed by atoms with Gasteiger partial charge in [0.15, 0.2) is 0 Å². The molecule has 0 radical (unpaired) electrons. The van der Waals surface area contributed by atoms with E-state index in [0.29, 0.717) is 23.5 Å². The first kappa shape index (κ1) is 22.8. The van der Waals surface area contributed by atoms with E-state index in [4.69, 9.17) is 9.97 Å². The Labute approximate surface area is 196 Å². The quantitative estimate of drug-likeness (QED) is 0.568. The second-order valence-corrected chi connectivity index (χ2v) is 9.30. The van der Waals surface area contributed by atoms with Gasteiger partial charge in [-0.05, 0) is 68.0 Å². The molecule has 4 rings (SSSR count). The zero-order valence-electron chi connectivity index (χ0n) is 20.0. The van der Waals surface area contributed by atoms with Gasteiger partial charge in [-0.25, -0.2) is 4.98 Å². The molecule has 0 atom stereocenters. The number of anilines is 3. The third kappa shape index (κ3) is 5.53. The number of hydrogen-bond acceptors (Lipinski definition) is 6. The lowest BCUT2D eigenvalue weighted by atomic mass is 9.86. The van der Waals surface area contributed by atoms with Crippen molar-refractivity contribution in [3.05, 3.63) is 54.1 Å². The first-order chi connectivity index (χ1) is 15.9. The molecule has 3 aromatic rings. The molecule has 0 spiro atoms. The van der Waals surface area contributed by atoms with Crippen molar-refractivity contribution in [2.24, 2.45) is 5.92 Å². The maximum Gasteiger partial charge on any atom is 0.251 e. The van der Waals surface area contributed by atoms with Gasteiger partial charge < -0.3 is 20.4 Å². The summed E-state index contributed by atoms with van der Waals surface area (Å²) in [7, 11) is 8.00. The molecule has 7 nitrogen and oxygen atoms in total. The number of hydrogen-bond donors (Lipinski definition) is 2. The van der Waals surface area contributed by atoms with Crippen molar-refractivity contribution in [3.8, 4) is 0 Å². The number of fused-ring (bicyclic) bond motifs is 1. The van der Waals surface area contributed by atoms with E-state index in [9.17, 15) is 4.79 Å². The SMILES string of the molecule is CN(C)c1ccc(C(=O)NCC2CCC(Nc3nc(N(C)C)c4ccccc4n3)CC2)cc1. The molecule has 1 aliphatic rings. The predicted octanol–water partition coefficient (Wildman–Crippen LogP) is 4.16. The summed E-state index contributed by atoms with van der Waals surface area (Å²) in [6.45, 7) is 0.720. The van der Waals surface area contributed by atoms with Gasteiger partial charge in [0, 0.05) is 57.4 Å². The monoisotopic (exact) mass is 446 g/mol. The van der Waals surface area contributed by atoms with Crippen molar-refractivity contribution in [2.75, 3.05) is 49.9 Å². The Balaban J connectivity index is 1.29. The zero-order chi connectivity index (χ0) is 23.4. The largest absolute Gasteiger partial charge is 0.378 e. The second-order valence-electron chi connectivity index (χ2n) is 9.30. The molecule has 0 saturated heterocycles. The fourth-order valence-corrected chi connectivity index (χ4v) is 4.41. The predicted molar refractivity (Wildman–Crippen MR) is 136 cm³/mol. The molecular weight excluding hydrogens is 412 g/mol. The number of rotatable bonds is 7. The lowest BCUT2D eigenvalue weighted by Crippen LogP contribution is -2.34. The lowest BCUT2D eigenvalue weighted by Gasteiger charge is -2.29. The fraction of sp³-hybridized carbons (Fsp3) is 0.423. The van der Waals surface area contributed by atoms with Gasteiger partial charge >= 0.3 is 0 Å². The lowest BCUT2D eigenvalue weighted by molar-refractivity contribution is 0.0943. The van der Waals surface area contributed by atoms with Crippen LogP contribution < -0.4 is 20.4 Å². The van der Waals surface area contributed by atoms with E-state index in [1.54, 1.807) is 0 Å². The number of carbonyl (C=O) groups excluding carboxylic acids is 1. The Morgan fingerprint density at radius 1 is 0.909 bits per heavy atom. The Kier molecular flexibility index (Phi) is 6.96. The summed E-state index contributed by atoms with van der Waals surface area (Å²) >= 11 is 0. The third-order valence-electron chi connectivity index (χ3n) is 6.38. The Morgan fingerprint density at radius 2 is 1.61 bits per heavy atom. The summed E-state index contributed by atoms with van der Waals surface area (Å²) in [6, 6.07) is 16.2. The molecule has 1 fully saturated rings. The number of amides is 1. The molecule has 1 aromatic heterocycles. The van der Waals surface area contributed by atoms with Gasteiger partial charge in [0.25, 0.3) is 5.91 Å². The molecule has 7 heteroatoms. The molecule has 2 N–H and O–H groups in total. The van der Waals surface area contributed by atoms with E-state index in [1.807, 2.05) is 80.5 Å². The highest BCUT2D eigenvalue weighted by Crippen LogP contribution is 2.28. The van der Waals surface area contributed by atoms with Gasteiger partial charge in [-0.1, -0.05) is 12.1 Å². The van der Waals surface area contributed by atoms with Gasteiger partial charge in [-0.3, -0.25) is 4.79 Å². The average Bonchev–Trinajstić information content (AvgIpc) is 2.83. The van der Waals surface area contributed by atoms with Crippen molar-refractivity contribution < 1.29 is 4.79 Å². The minimum absolute atomic E-state index is 0.00123. The topological polar surface area (TPSA) is 73.4 Å². The van der Waals surface area contributed by atoms with Gasteiger partial charge in [0.2, 0.25) is 5.95 Å². The van der Waals surface area contributed by atoms with E-state index in [2.05, 4.69) is 16.7 Å². The molecule has 1 aliphatic carbocycles. The standard InChI is InChI=1S/C26H34N6O/c1-31(2)21-15-11-19(12-16-21)25(33)27-17-18-9-13-20(14-10-18)28-26-29-23-8-6-5-7-22(23)24(30-26)32(3)4/h5-8,11-12,15-16,18,20H,9-10,13-14,17H2,1-4H3,(H,27,33)(H,28,29,30). The number of aromatic nitrogens is 2. The number of nitrogens with zero attached hydrogens (tertiary/aromatic N) is 4. The van der Waals surface area contributed by atoms with Crippen molar-refractivity contribution in [3.63, 3.8) is 0 Å². The zero-order valence-corrected chi connectivity index (χ0v) is 20.0. The average molecular weight is 447 g/mol. The van der Waals surface area contributed by atoms with Gasteiger partial charge in [-0.15, -0.1) is 0 Å². The van der Waals surface area contributed by atoms with Crippen molar-refractivity contribution in [2.45, 2.75) is 31.7 Å². The summed E-state index contributed by atoms with van der Waals surface area (Å²) in [6.07, 6.45) is 4.24. The number of benzene rings is 2. The molecule has 174 valence electrons. The first-order valence-corrected chi connectivity index (χ1v) is 11.7. The van der Waals surface area contributed by atoms with Crippen molar-refractivity contribution >= 4 is 34.3 Å². The highest BCUT2D eigenvalue weighted by molar-refractivity contribution is 5.94. The van der Waals surface area contributed by atoms with Crippen molar-refractivity contribution in [1.29, 1.82) is 0 Å². The van der Waals surface area contributed by atoms with E-state index < -0.39 is 0 Å². The van der Waals surface area contributed by atoms with Crippen LogP contribution in [0.5, 0.6) is 0 Å². The van der Waals surface area contributed by atoms with Crippen LogP contribution in [-0.4, -0.2) is 56.7 Å². The maximum absolute atomic E-state index is 12.5. The van der Waals surface area contributed by atoms with Crippen LogP contribution in [0.25, 0.3) is 10.9 Å². The van der Waals surface area contributed by atoms with Crippen LogP contribution in [0.1, 0.15) is 36.0 Å². The van der Waals surface area contributed by atoms with E-state index in [1.165, 1.54) is 0 Å². The maximum atomic E-state index is 12.5. The summed E-state index contributed by atoms with van der Waals surface area (Å²) in [5.74, 6) is 2.12. The molecule has 0 unspecified atom stereocenters. The number of carbonyl (C=O) groups is 1. The highest BCUT2D eigenvalue weighted by Gasteiger charge is 2.23.